The number of hydrogen-bond acceptors (Lipinski definition) is 1. The SMILES string of the molecule is CCCCCCCCC(F)(CC)B(C)OC(C)(C)CC. The van der Waals surface area contributed by atoms with Crippen molar-refractivity contribution in [3.05, 3.63) is 0 Å². The van der Waals surface area contributed by atoms with Crippen LogP contribution in [-0.2, 0) is 4.65 Å². The monoisotopic (exact) mass is 286 g/mol. The van der Waals surface area contributed by atoms with E-state index < -0.39 is 5.57 Å². The highest BCUT2D eigenvalue weighted by molar-refractivity contribution is 6.53. The van der Waals surface area contributed by atoms with E-state index in [0.717, 1.165) is 19.3 Å². The van der Waals surface area contributed by atoms with E-state index in [4.69, 9.17) is 4.65 Å². The van der Waals surface area contributed by atoms with Gasteiger partial charge in [0.25, 0.3) is 0 Å². The standard InChI is InChI=1S/C17H36BFO/c1-7-10-11-12-13-14-15-17(19,9-3)18(6)20-16(4,5)8-2/h7-15H2,1-6H3. The summed E-state index contributed by atoms with van der Waals surface area (Å²) in [6.07, 6.45) is 9.31. The lowest BCUT2D eigenvalue weighted by Gasteiger charge is -2.34. The van der Waals surface area contributed by atoms with Crippen molar-refractivity contribution in [1.82, 2.24) is 0 Å². The third-order valence-corrected chi connectivity index (χ3v) is 4.61. The highest BCUT2D eigenvalue weighted by atomic mass is 19.1. The second-order valence-corrected chi connectivity index (χ2v) is 6.78. The summed E-state index contributed by atoms with van der Waals surface area (Å²) < 4.78 is 21.0. The third kappa shape index (κ3) is 7.66. The lowest BCUT2D eigenvalue weighted by atomic mass is 9.52. The van der Waals surface area contributed by atoms with Gasteiger partial charge >= 0.3 is 6.92 Å². The first-order valence-corrected chi connectivity index (χ1v) is 8.68. The number of halogens is 1. The van der Waals surface area contributed by atoms with Gasteiger partial charge in [0.1, 0.15) is 5.57 Å². The zero-order chi connectivity index (χ0) is 15.6. The van der Waals surface area contributed by atoms with Crippen molar-refractivity contribution in [3.63, 3.8) is 0 Å². The largest absolute Gasteiger partial charge is 0.428 e. The molecule has 0 aromatic rings. The fourth-order valence-corrected chi connectivity index (χ4v) is 2.53. The zero-order valence-electron chi connectivity index (χ0n) is 14.7. The molecule has 0 aromatic carbocycles. The van der Waals surface area contributed by atoms with Crippen LogP contribution in [0.2, 0.25) is 6.82 Å². The van der Waals surface area contributed by atoms with E-state index in [0.29, 0.717) is 12.8 Å². The minimum Gasteiger partial charge on any atom is -0.428 e. The molecule has 0 spiro atoms. The molecule has 0 fully saturated rings. The lowest BCUT2D eigenvalue weighted by molar-refractivity contribution is 0.0754. The van der Waals surface area contributed by atoms with Gasteiger partial charge < -0.3 is 4.65 Å². The van der Waals surface area contributed by atoms with Crippen LogP contribution in [-0.4, -0.2) is 18.1 Å². The first-order chi connectivity index (χ1) is 9.31. The van der Waals surface area contributed by atoms with Gasteiger partial charge in [0.2, 0.25) is 0 Å². The van der Waals surface area contributed by atoms with E-state index in [-0.39, 0.29) is 12.5 Å². The molecule has 1 unspecified atom stereocenters. The number of hydrogen-bond donors (Lipinski definition) is 0. The van der Waals surface area contributed by atoms with Crippen LogP contribution in [0.25, 0.3) is 0 Å². The van der Waals surface area contributed by atoms with Crippen LogP contribution >= 0.6 is 0 Å². The minimum atomic E-state index is -1.17. The van der Waals surface area contributed by atoms with Crippen molar-refractivity contribution in [2.24, 2.45) is 0 Å². The Morgan fingerprint density at radius 1 is 0.900 bits per heavy atom. The second kappa shape index (κ2) is 9.81. The van der Waals surface area contributed by atoms with Gasteiger partial charge in [-0.3, -0.25) is 0 Å². The second-order valence-electron chi connectivity index (χ2n) is 6.78. The maximum Gasteiger partial charge on any atom is 0.329 e. The molecule has 0 aromatic heterocycles. The highest BCUT2D eigenvalue weighted by Gasteiger charge is 2.41. The van der Waals surface area contributed by atoms with Gasteiger partial charge in [-0.15, -0.1) is 0 Å². The first kappa shape index (κ1) is 20.0. The zero-order valence-corrected chi connectivity index (χ0v) is 14.7. The van der Waals surface area contributed by atoms with Crippen molar-refractivity contribution in [3.8, 4) is 0 Å². The molecule has 0 amide bonds. The summed E-state index contributed by atoms with van der Waals surface area (Å²) in [6.45, 7) is 11.9. The molecule has 0 saturated carbocycles. The molecule has 3 heteroatoms. The summed E-state index contributed by atoms with van der Waals surface area (Å²) in [7, 11) is 0. The molecular weight excluding hydrogens is 250 g/mol. The topological polar surface area (TPSA) is 9.23 Å². The Morgan fingerprint density at radius 3 is 1.95 bits per heavy atom. The average molecular weight is 286 g/mol. The normalized spacial score (nSPS) is 15.2. The number of unbranched alkanes of at least 4 members (excludes halogenated alkanes) is 5. The summed E-state index contributed by atoms with van der Waals surface area (Å²) in [6, 6.07) is 0. The molecule has 0 heterocycles. The molecule has 0 N–H and O–H groups in total. The molecule has 0 aliphatic heterocycles. The molecule has 20 heavy (non-hydrogen) atoms. The van der Waals surface area contributed by atoms with Crippen LogP contribution in [0.5, 0.6) is 0 Å². The fourth-order valence-electron chi connectivity index (χ4n) is 2.53. The van der Waals surface area contributed by atoms with Crippen molar-refractivity contribution >= 4 is 6.92 Å². The number of rotatable bonds is 12. The van der Waals surface area contributed by atoms with E-state index in [1.165, 1.54) is 25.7 Å². The van der Waals surface area contributed by atoms with E-state index >= 15 is 4.39 Å². The van der Waals surface area contributed by atoms with E-state index in [1.807, 2.05) is 27.6 Å². The molecule has 120 valence electrons. The van der Waals surface area contributed by atoms with Crippen LogP contribution in [0.3, 0.4) is 0 Å². The Labute approximate surface area is 127 Å². The summed E-state index contributed by atoms with van der Waals surface area (Å²) in [5, 5.41) is 0. The van der Waals surface area contributed by atoms with Crippen LogP contribution in [0.15, 0.2) is 0 Å². The van der Waals surface area contributed by atoms with Gasteiger partial charge in [-0.1, -0.05) is 66.1 Å². The van der Waals surface area contributed by atoms with Crippen molar-refractivity contribution < 1.29 is 9.04 Å². The molecule has 1 nitrogen and oxygen atoms in total. The molecule has 1 atom stereocenters. The predicted octanol–water partition coefficient (Wildman–Crippen LogP) is 6.22. The van der Waals surface area contributed by atoms with E-state index in [9.17, 15) is 0 Å². The van der Waals surface area contributed by atoms with Crippen molar-refractivity contribution in [2.45, 2.75) is 110 Å². The Morgan fingerprint density at radius 2 is 1.45 bits per heavy atom. The smallest absolute Gasteiger partial charge is 0.329 e. The molecule has 0 radical (unpaired) electrons. The van der Waals surface area contributed by atoms with Gasteiger partial charge in [0.15, 0.2) is 0 Å². The number of alkyl halides is 1. The van der Waals surface area contributed by atoms with Crippen LogP contribution in [0.4, 0.5) is 4.39 Å². The highest BCUT2D eigenvalue weighted by Crippen LogP contribution is 2.30. The minimum absolute atomic E-state index is 0.229. The Hall–Kier alpha value is -0.0451. The lowest BCUT2D eigenvalue weighted by Crippen LogP contribution is -2.46. The maximum absolute atomic E-state index is 15.0. The predicted molar refractivity (Wildman–Crippen MR) is 89.2 cm³/mol. The Bertz CT molecular complexity index is 245. The average Bonchev–Trinajstić information content (AvgIpc) is 2.41. The molecular formula is C17H36BFO. The quantitative estimate of drug-likeness (QED) is 0.305. The summed E-state index contributed by atoms with van der Waals surface area (Å²) in [4.78, 5) is 0. The molecule has 0 rings (SSSR count). The Balaban J connectivity index is 4.17. The molecule has 0 bridgehead atoms. The van der Waals surface area contributed by atoms with Gasteiger partial charge in [0.05, 0.1) is 0 Å². The summed E-state index contributed by atoms with van der Waals surface area (Å²) in [5.74, 6) is 0. The van der Waals surface area contributed by atoms with Gasteiger partial charge in [-0.2, -0.15) is 0 Å². The van der Waals surface area contributed by atoms with Crippen molar-refractivity contribution in [2.75, 3.05) is 0 Å². The van der Waals surface area contributed by atoms with Gasteiger partial charge in [-0.05, 0) is 33.1 Å². The first-order valence-electron chi connectivity index (χ1n) is 8.68. The molecule has 0 aliphatic rings. The van der Waals surface area contributed by atoms with Gasteiger partial charge in [-0.25, -0.2) is 4.39 Å². The van der Waals surface area contributed by atoms with Crippen LogP contribution < -0.4 is 0 Å². The third-order valence-electron chi connectivity index (χ3n) is 4.61. The molecule has 0 aliphatic carbocycles. The molecule has 0 saturated heterocycles. The Kier molecular flexibility index (Phi) is 9.79. The fraction of sp³-hybridized carbons (Fsp3) is 1.00. The van der Waals surface area contributed by atoms with Crippen LogP contribution in [0, 0.1) is 0 Å². The summed E-state index contributed by atoms with van der Waals surface area (Å²) in [5.41, 5.74) is -1.40. The van der Waals surface area contributed by atoms with E-state index in [2.05, 4.69) is 13.8 Å². The van der Waals surface area contributed by atoms with Crippen LogP contribution in [0.1, 0.15) is 92.4 Å². The van der Waals surface area contributed by atoms with Gasteiger partial charge in [0, 0.05) is 5.60 Å². The van der Waals surface area contributed by atoms with Crippen molar-refractivity contribution in [1.29, 1.82) is 0 Å². The maximum atomic E-state index is 15.0. The van der Waals surface area contributed by atoms with E-state index in [1.54, 1.807) is 0 Å². The summed E-state index contributed by atoms with van der Waals surface area (Å²) >= 11 is 0.